The lowest BCUT2D eigenvalue weighted by Crippen LogP contribution is -2.28. The highest BCUT2D eigenvalue weighted by Gasteiger charge is 2.25. The average Bonchev–Trinajstić information content (AvgIpc) is 2.90. The van der Waals surface area contributed by atoms with Gasteiger partial charge in [0, 0.05) is 51.3 Å². The summed E-state index contributed by atoms with van der Waals surface area (Å²) in [5.74, 6) is 2.63. The largest absolute Gasteiger partial charge is 0.493 e. The molecule has 0 unspecified atom stereocenters. The molecular weight excluding hydrogens is 312 g/mol. The van der Waals surface area contributed by atoms with Gasteiger partial charge in [0.15, 0.2) is 0 Å². The maximum atomic E-state index is 5.90. The van der Waals surface area contributed by atoms with Crippen molar-refractivity contribution in [2.24, 2.45) is 7.05 Å². The van der Waals surface area contributed by atoms with Crippen LogP contribution in [0.1, 0.15) is 54.6 Å². The summed E-state index contributed by atoms with van der Waals surface area (Å²) in [6, 6.07) is 6.73. The van der Waals surface area contributed by atoms with E-state index < -0.39 is 0 Å². The number of nitrogens with zero attached hydrogens (tertiary/aromatic N) is 3. The number of ether oxygens (including phenoxy) is 1. The van der Waals surface area contributed by atoms with Gasteiger partial charge in [0.25, 0.3) is 0 Å². The molecule has 5 heteroatoms. The molecule has 1 aromatic heterocycles. The van der Waals surface area contributed by atoms with Crippen molar-refractivity contribution in [2.75, 3.05) is 25.6 Å². The average molecular weight is 342 g/mol. The number of fused-ring (bicyclic) bond motifs is 1. The van der Waals surface area contributed by atoms with Gasteiger partial charge in [-0.05, 0) is 18.4 Å². The lowest BCUT2D eigenvalue weighted by atomic mass is 9.97. The maximum Gasteiger partial charge on any atom is 0.130 e. The maximum absolute atomic E-state index is 5.90. The number of hydrogen-bond donors (Lipinski definition) is 1. The number of nitrogens with one attached hydrogen (secondary N) is 1. The van der Waals surface area contributed by atoms with Crippen molar-refractivity contribution in [3.05, 3.63) is 40.6 Å². The third-order valence-corrected chi connectivity index (χ3v) is 4.91. The number of anilines is 1. The van der Waals surface area contributed by atoms with Crippen molar-refractivity contribution >= 4 is 5.82 Å². The second-order valence-electron chi connectivity index (χ2n) is 7.42. The third-order valence-electron chi connectivity index (χ3n) is 4.91. The van der Waals surface area contributed by atoms with E-state index in [0.29, 0.717) is 12.0 Å². The highest BCUT2D eigenvalue weighted by Crippen LogP contribution is 2.35. The number of benzene rings is 1. The van der Waals surface area contributed by atoms with E-state index in [1.54, 1.807) is 0 Å². The fourth-order valence-electron chi connectivity index (χ4n) is 3.79. The van der Waals surface area contributed by atoms with Crippen molar-refractivity contribution in [3.8, 4) is 5.75 Å². The molecule has 1 aromatic carbocycles. The first-order valence-corrected chi connectivity index (χ1v) is 9.09. The second kappa shape index (κ2) is 7.08. The fraction of sp³-hybridized carbons (Fsp3) is 0.550. The van der Waals surface area contributed by atoms with Crippen molar-refractivity contribution in [2.45, 2.75) is 45.7 Å². The molecule has 0 bridgehead atoms. The molecular formula is C20H30N4O. The molecule has 25 heavy (non-hydrogen) atoms. The van der Waals surface area contributed by atoms with Crippen molar-refractivity contribution in [1.82, 2.24) is 15.1 Å². The summed E-state index contributed by atoms with van der Waals surface area (Å²) in [6.07, 6.45) is 0.991. The van der Waals surface area contributed by atoms with Gasteiger partial charge in [0.2, 0.25) is 0 Å². The Bertz CT molecular complexity index is 748. The first kappa shape index (κ1) is 17.8. The monoisotopic (exact) mass is 342 g/mol. The quantitative estimate of drug-likeness (QED) is 0.903. The summed E-state index contributed by atoms with van der Waals surface area (Å²) < 4.78 is 7.89. The van der Waals surface area contributed by atoms with E-state index in [0.717, 1.165) is 25.3 Å². The van der Waals surface area contributed by atoms with Crippen LogP contribution in [0.3, 0.4) is 0 Å². The van der Waals surface area contributed by atoms with Crippen LogP contribution < -0.4 is 15.0 Å². The predicted molar refractivity (Wildman–Crippen MR) is 102 cm³/mol. The van der Waals surface area contributed by atoms with Crippen LogP contribution in [0.4, 0.5) is 5.82 Å². The Hall–Kier alpha value is -2.01. The Balaban J connectivity index is 1.87. The summed E-state index contributed by atoms with van der Waals surface area (Å²) in [5.41, 5.74) is 4.95. The molecule has 0 radical (unpaired) electrons. The molecule has 1 atom stereocenters. The molecule has 1 aliphatic heterocycles. The summed E-state index contributed by atoms with van der Waals surface area (Å²) in [5, 5.41) is 8.53. The summed E-state index contributed by atoms with van der Waals surface area (Å²) in [7, 11) is 6.19. The standard InChI is InChI=1S/C20H30N4O/c1-13(2)18-16(20(23(4)5)24(6)22-18)12-21-17-10-11-25-19-14(3)8-7-9-15(17)19/h7-9,13,17,21H,10-12H2,1-6H3/t17-/m0/s1. The van der Waals surface area contributed by atoms with E-state index in [9.17, 15) is 0 Å². The molecule has 136 valence electrons. The first-order valence-electron chi connectivity index (χ1n) is 9.09. The molecule has 0 amide bonds. The van der Waals surface area contributed by atoms with Crippen LogP contribution in [0.25, 0.3) is 0 Å². The van der Waals surface area contributed by atoms with Crippen molar-refractivity contribution in [1.29, 1.82) is 0 Å². The van der Waals surface area contributed by atoms with Crippen molar-refractivity contribution < 1.29 is 4.74 Å². The number of aromatic nitrogens is 2. The van der Waals surface area contributed by atoms with Gasteiger partial charge in [-0.15, -0.1) is 0 Å². The van der Waals surface area contributed by atoms with Crippen LogP contribution in [-0.2, 0) is 13.6 Å². The molecule has 3 rings (SSSR count). The van der Waals surface area contributed by atoms with Gasteiger partial charge >= 0.3 is 0 Å². The van der Waals surface area contributed by atoms with Crippen LogP contribution in [0.5, 0.6) is 5.75 Å². The van der Waals surface area contributed by atoms with Gasteiger partial charge in [-0.25, -0.2) is 0 Å². The summed E-state index contributed by atoms with van der Waals surface area (Å²) in [4.78, 5) is 2.15. The van der Waals surface area contributed by atoms with Gasteiger partial charge < -0.3 is 15.0 Å². The van der Waals surface area contributed by atoms with E-state index in [4.69, 9.17) is 9.84 Å². The Labute approximate surface area is 151 Å². The van der Waals surface area contributed by atoms with Crippen LogP contribution in [-0.4, -0.2) is 30.5 Å². The van der Waals surface area contributed by atoms with Gasteiger partial charge in [-0.3, -0.25) is 4.68 Å². The normalized spacial score (nSPS) is 16.7. The van der Waals surface area contributed by atoms with Gasteiger partial charge in [0.05, 0.1) is 12.3 Å². The minimum atomic E-state index is 0.318. The number of rotatable bonds is 5. The number of para-hydroxylation sites is 1. The molecule has 0 fully saturated rings. The van der Waals surface area contributed by atoms with E-state index in [1.807, 2.05) is 11.7 Å². The Morgan fingerprint density at radius 3 is 2.80 bits per heavy atom. The van der Waals surface area contributed by atoms with Gasteiger partial charge in [-0.1, -0.05) is 32.0 Å². The summed E-state index contributed by atoms with van der Waals surface area (Å²) >= 11 is 0. The van der Waals surface area contributed by atoms with Crippen LogP contribution >= 0.6 is 0 Å². The lowest BCUT2D eigenvalue weighted by molar-refractivity contribution is 0.250. The molecule has 0 saturated carbocycles. The van der Waals surface area contributed by atoms with Gasteiger partial charge in [-0.2, -0.15) is 5.10 Å². The highest BCUT2D eigenvalue weighted by molar-refractivity contribution is 5.50. The zero-order chi connectivity index (χ0) is 18.1. The smallest absolute Gasteiger partial charge is 0.130 e. The molecule has 2 aromatic rings. The molecule has 1 N–H and O–H groups in total. The van der Waals surface area contributed by atoms with Crippen LogP contribution in [0.2, 0.25) is 0 Å². The molecule has 0 aliphatic carbocycles. The van der Waals surface area contributed by atoms with E-state index in [1.165, 1.54) is 28.2 Å². The number of aryl methyl sites for hydroxylation is 2. The Kier molecular flexibility index (Phi) is 5.04. The van der Waals surface area contributed by atoms with Gasteiger partial charge in [0.1, 0.15) is 11.6 Å². The van der Waals surface area contributed by atoms with Crippen molar-refractivity contribution in [3.63, 3.8) is 0 Å². The van der Waals surface area contributed by atoms with E-state index >= 15 is 0 Å². The molecule has 0 spiro atoms. The topological polar surface area (TPSA) is 42.3 Å². The first-order chi connectivity index (χ1) is 11.9. The molecule has 5 nitrogen and oxygen atoms in total. The molecule has 0 saturated heterocycles. The van der Waals surface area contributed by atoms with E-state index in [-0.39, 0.29) is 0 Å². The predicted octanol–water partition coefficient (Wildman–Crippen LogP) is 3.53. The highest BCUT2D eigenvalue weighted by atomic mass is 16.5. The van der Waals surface area contributed by atoms with Crippen LogP contribution in [0.15, 0.2) is 18.2 Å². The van der Waals surface area contributed by atoms with E-state index in [2.05, 4.69) is 63.3 Å². The molecule has 1 aliphatic rings. The number of hydrogen-bond acceptors (Lipinski definition) is 4. The Morgan fingerprint density at radius 1 is 1.36 bits per heavy atom. The lowest BCUT2D eigenvalue weighted by Gasteiger charge is -2.28. The second-order valence-corrected chi connectivity index (χ2v) is 7.42. The zero-order valence-corrected chi connectivity index (χ0v) is 16.3. The fourth-order valence-corrected chi connectivity index (χ4v) is 3.79. The van der Waals surface area contributed by atoms with Crippen LogP contribution in [0, 0.1) is 6.92 Å². The minimum absolute atomic E-state index is 0.318. The molecule has 2 heterocycles. The minimum Gasteiger partial charge on any atom is -0.493 e. The summed E-state index contributed by atoms with van der Waals surface area (Å²) in [6.45, 7) is 8.10. The Morgan fingerprint density at radius 2 is 2.12 bits per heavy atom. The third kappa shape index (κ3) is 3.38. The SMILES string of the molecule is Cc1cccc2c1OCC[C@@H]2NCc1c(C(C)C)nn(C)c1N(C)C. The zero-order valence-electron chi connectivity index (χ0n) is 16.3.